The lowest BCUT2D eigenvalue weighted by Gasteiger charge is -2.22. The zero-order valence-corrected chi connectivity index (χ0v) is 16.1. The van der Waals surface area contributed by atoms with Gasteiger partial charge in [0.1, 0.15) is 0 Å². The van der Waals surface area contributed by atoms with E-state index in [0.717, 1.165) is 37.7 Å². The van der Waals surface area contributed by atoms with Crippen molar-refractivity contribution in [1.82, 2.24) is 10.0 Å². The number of carbonyl (C=O) groups excluding carboxylic acids is 1. The maximum atomic E-state index is 12.3. The lowest BCUT2D eigenvalue weighted by Crippen LogP contribution is -2.38. The first-order valence-electron chi connectivity index (χ1n) is 9.25. The van der Waals surface area contributed by atoms with Crippen LogP contribution in [0, 0.1) is 5.92 Å². The van der Waals surface area contributed by atoms with Crippen molar-refractivity contribution < 1.29 is 13.2 Å². The van der Waals surface area contributed by atoms with Crippen LogP contribution in [0.15, 0.2) is 29.2 Å². The topological polar surface area (TPSA) is 75.3 Å². The van der Waals surface area contributed by atoms with Gasteiger partial charge < -0.3 is 5.32 Å². The molecule has 1 fully saturated rings. The molecule has 1 aliphatic rings. The van der Waals surface area contributed by atoms with Gasteiger partial charge in [-0.25, -0.2) is 13.1 Å². The van der Waals surface area contributed by atoms with Crippen LogP contribution in [-0.2, 0) is 21.2 Å². The number of nitrogens with one attached hydrogen (secondary N) is 2. The van der Waals surface area contributed by atoms with E-state index in [-0.39, 0.29) is 29.8 Å². The van der Waals surface area contributed by atoms with Gasteiger partial charge in [0.05, 0.1) is 4.90 Å². The minimum atomic E-state index is -3.56. The smallest absolute Gasteiger partial charge is 0.240 e. The highest BCUT2D eigenvalue weighted by Crippen LogP contribution is 2.17. The molecule has 0 unspecified atom stereocenters. The Morgan fingerprint density at radius 3 is 2.36 bits per heavy atom. The van der Waals surface area contributed by atoms with Crippen LogP contribution in [0.3, 0.4) is 0 Å². The molecule has 5 nitrogen and oxygen atoms in total. The molecule has 1 saturated carbocycles. The predicted octanol–water partition coefficient (Wildman–Crippen LogP) is 3.00. The molecular weight excluding hydrogens is 336 g/mol. The zero-order chi connectivity index (χ0) is 18.3. The molecule has 0 bridgehead atoms. The van der Waals surface area contributed by atoms with E-state index < -0.39 is 10.0 Å². The number of benzene rings is 1. The molecule has 0 radical (unpaired) electrons. The molecule has 1 aliphatic carbocycles. The Labute approximate surface area is 151 Å². The Kier molecular flexibility index (Phi) is 7.44. The molecule has 1 amide bonds. The summed E-state index contributed by atoms with van der Waals surface area (Å²) in [4.78, 5) is 12.2. The molecule has 0 heterocycles. The average molecular weight is 367 g/mol. The lowest BCUT2D eigenvalue weighted by molar-refractivity contribution is -0.121. The number of hydrogen-bond donors (Lipinski definition) is 2. The maximum absolute atomic E-state index is 12.3. The van der Waals surface area contributed by atoms with Gasteiger partial charge in [-0.1, -0.05) is 45.2 Å². The molecular formula is C19H30N2O3S. The Morgan fingerprint density at radius 1 is 1.12 bits per heavy atom. The first-order valence-corrected chi connectivity index (χ1v) is 10.7. The largest absolute Gasteiger partial charge is 0.353 e. The number of sulfonamides is 1. The molecule has 140 valence electrons. The number of carbonyl (C=O) groups is 1. The van der Waals surface area contributed by atoms with Crippen LogP contribution in [-0.4, -0.2) is 26.9 Å². The summed E-state index contributed by atoms with van der Waals surface area (Å²) >= 11 is 0. The van der Waals surface area contributed by atoms with Crippen LogP contribution in [0.5, 0.6) is 0 Å². The SMILES string of the molecule is CC(C)Cc1ccc(S(=O)(=O)NCCC(=O)NC2CCCCC2)cc1. The van der Waals surface area contributed by atoms with Gasteiger partial charge in [0.15, 0.2) is 0 Å². The molecule has 6 heteroatoms. The quantitative estimate of drug-likeness (QED) is 0.743. The zero-order valence-electron chi connectivity index (χ0n) is 15.3. The third-order valence-electron chi connectivity index (χ3n) is 4.49. The summed E-state index contributed by atoms with van der Waals surface area (Å²) in [5.41, 5.74) is 1.13. The highest BCUT2D eigenvalue weighted by molar-refractivity contribution is 7.89. The van der Waals surface area contributed by atoms with Crippen molar-refractivity contribution in [3.63, 3.8) is 0 Å². The lowest BCUT2D eigenvalue weighted by atomic mass is 9.95. The molecule has 0 spiro atoms. The van der Waals surface area contributed by atoms with E-state index in [1.807, 2.05) is 12.1 Å². The van der Waals surface area contributed by atoms with Crippen LogP contribution in [0.1, 0.15) is 57.9 Å². The van der Waals surface area contributed by atoms with Gasteiger partial charge in [0, 0.05) is 19.0 Å². The fraction of sp³-hybridized carbons (Fsp3) is 0.632. The van der Waals surface area contributed by atoms with E-state index in [1.165, 1.54) is 6.42 Å². The number of rotatable bonds is 8. The van der Waals surface area contributed by atoms with Crippen LogP contribution in [0.4, 0.5) is 0 Å². The van der Waals surface area contributed by atoms with Gasteiger partial charge in [-0.05, 0) is 42.9 Å². The van der Waals surface area contributed by atoms with Gasteiger partial charge in [0.2, 0.25) is 15.9 Å². The molecule has 2 rings (SSSR count). The third-order valence-corrected chi connectivity index (χ3v) is 5.97. The molecule has 0 saturated heterocycles. The van der Waals surface area contributed by atoms with Crippen molar-refractivity contribution in [3.05, 3.63) is 29.8 Å². The summed E-state index contributed by atoms with van der Waals surface area (Å²) in [6.45, 7) is 4.38. The first-order chi connectivity index (χ1) is 11.9. The van der Waals surface area contributed by atoms with Gasteiger partial charge in [0.25, 0.3) is 0 Å². The van der Waals surface area contributed by atoms with Crippen molar-refractivity contribution in [2.24, 2.45) is 5.92 Å². The fourth-order valence-electron chi connectivity index (χ4n) is 3.21. The molecule has 25 heavy (non-hydrogen) atoms. The van der Waals surface area contributed by atoms with Crippen molar-refractivity contribution in [1.29, 1.82) is 0 Å². The molecule has 0 aromatic heterocycles. The van der Waals surface area contributed by atoms with Crippen LogP contribution >= 0.6 is 0 Å². The summed E-state index contributed by atoms with van der Waals surface area (Å²) in [5, 5.41) is 3.00. The molecule has 1 aromatic carbocycles. The number of amides is 1. The van der Waals surface area contributed by atoms with Gasteiger partial charge in [-0.2, -0.15) is 0 Å². The second-order valence-electron chi connectivity index (χ2n) is 7.29. The summed E-state index contributed by atoms with van der Waals surface area (Å²) < 4.78 is 27.1. The average Bonchev–Trinajstić information content (AvgIpc) is 2.55. The van der Waals surface area contributed by atoms with Gasteiger partial charge >= 0.3 is 0 Å². The Morgan fingerprint density at radius 2 is 1.76 bits per heavy atom. The van der Waals surface area contributed by atoms with E-state index in [1.54, 1.807) is 12.1 Å². The summed E-state index contributed by atoms with van der Waals surface area (Å²) in [6, 6.07) is 7.21. The Bertz CT molecular complexity index is 648. The van der Waals surface area contributed by atoms with E-state index in [0.29, 0.717) is 5.92 Å². The van der Waals surface area contributed by atoms with Crippen LogP contribution in [0.25, 0.3) is 0 Å². The van der Waals surface area contributed by atoms with E-state index in [2.05, 4.69) is 23.9 Å². The Balaban J connectivity index is 1.79. The normalized spacial score (nSPS) is 16.1. The Hall–Kier alpha value is -1.40. The van der Waals surface area contributed by atoms with Crippen LogP contribution in [0.2, 0.25) is 0 Å². The summed E-state index contributed by atoms with van der Waals surface area (Å²) in [6.07, 6.45) is 6.70. The van der Waals surface area contributed by atoms with Crippen molar-refractivity contribution in [2.75, 3.05) is 6.54 Å². The van der Waals surface area contributed by atoms with E-state index in [4.69, 9.17) is 0 Å². The third kappa shape index (κ3) is 6.78. The van der Waals surface area contributed by atoms with Crippen molar-refractivity contribution in [2.45, 2.75) is 69.7 Å². The van der Waals surface area contributed by atoms with Gasteiger partial charge in [-0.15, -0.1) is 0 Å². The molecule has 2 N–H and O–H groups in total. The highest BCUT2D eigenvalue weighted by Gasteiger charge is 2.17. The second kappa shape index (κ2) is 9.34. The highest BCUT2D eigenvalue weighted by atomic mass is 32.2. The monoisotopic (exact) mass is 366 g/mol. The van der Waals surface area contributed by atoms with E-state index >= 15 is 0 Å². The van der Waals surface area contributed by atoms with Crippen LogP contribution < -0.4 is 10.0 Å². The number of hydrogen-bond acceptors (Lipinski definition) is 3. The fourth-order valence-corrected chi connectivity index (χ4v) is 4.24. The molecule has 0 atom stereocenters. The van der Waals surface area contributed by atoms with E-state index in [9.17, 15) is 13.2 Å². The standard InChI is InChI=1S/C19H30N2O3S/c1-15(2)14-16-8-10-18(11-9-16)25(23,24)20-13-12-19(22)21-17-6-4-3-5-7-17/h8-11,15,17,20H,3-7,12-14H2,1-2H3,(H,21,22). The molecule has 0 aliphatic heterocycles. The first kappa shape index (κ1) is 19.9. The summed E-state index contributed by atoms with van der Waals surface area (Å²) in [7, 11) is -3.56. The van der Waals surface area contributed by atoms with Crippen molar-refractivity contribution in [3.8, 4) is 0 Å². The maximum Gasteiger partial charge on any atom is 0.240 e. The minimum Gasteiger partial charge on any atom is -0.353 e. The molecule has 1 aromatic rings. The van der Waals surface area contributed by atoms with Gasteiger partial charge in [-0.3, -0.25) is 4.79 Å². The predicted molar refractivity (Wildman–Crippen MR) is 99.8 cm³/mol. The minimum absolute atomic E-state index is 0.0816. The summed E-state index contributed by atoms with van der Waals surface area (Å²) in [5.74, 6) is 0.449. The second-order valence-corrected chi connectivity index (χ2v) is 9.06. The van der Waals surface area contributed by atoms with Crippen molar-refractivity contribution >= 4 is 15.9 Å².